The Balaban J connectivity index is 1.63. The minimum atomic E-state index is -4.37. The van der Waals surface area contributed by atoms with Crippen LogP contribution in [0.25, 0.3) is 0 Å². The lowest BCUT2D eigenvalue weighted by Crippen LogP contribution is -2.12. The number of aromatic nitrogens is 1. The summed E-state index contributed by atoms with van der Waals surface area (Å²) in [6.45, 7) is 0.0891. The van der Waals surface area contributed by atoms with E-state index in [0.29, 0.717) is 22.6 Å². The van der Waals surface area contributed by atoms with E-state index in [4.69, 9.17) is 4.74 Å². The molecule has 0 saturated heterocycles. The Labute approximate surface area is 153 Å². The topological polar surface area (TPSA) is 51.2 Å². The van der Waals surface area contributed by atoms with Gasteiger partial charge in [0.25, 0.3) is 5.91 Å². The predicted molar refractivity (Wildman–Crippen MR) is 94.4 cm³/mol. The predicted octanol–water partition coefficient (Wildman–Crippen LogP) is 4.93. The van der Waals surface area contributed by atoms with Gasteiger partial charge in [-0.25, -0.2) is 0 Å². The van der Waals surface area contributed by atoms with Gasteiger partial charge < -0.3 is 10.1 Å². The summed E-state index contributed by atoms with van der Waals surface area (Å²) in [7, 11) is 0. The zero-order chi connectivity index (χ0) is 19.3. The summed E-state index contributed by atoms with van der Waals surface area (Å²) < 4.78 is 43.3. The third-order valence-corrected chi connectivity index (χ3v) is 3.70. The van der Waals surface area contributed by atoms with Crippen molar-refractivity contribution >= 4 is 11.6 Å². The molecular formula is C20H15F3N2O2. The maximum atomic E-state index is 12.6. The molecule has 1 N–H and O–H groups in total. The smallest absolute Gasteiger partial charge is 0.416 e. The Hall–Kier alpha value is -3.35. The maximum Gasteiger partial charge on any atom is 0.416 e. The van der Waals surface area contributed by atoms with E-state index in [9.17, 15) is 18.0 Å². The summed E-state index contributed by atoms with van der Waals surface area (Å²) >= 11 is 0. The van der Waals surface area contributed by atoms with Crippen LogP contribution in [-0.4, -0.2) is 10.9 Å². The van der Waals surface area contributed by atoms with Crippen LogP contribution in [-0.2, 0) is 12.8 Å². The fourth-order valence-electron chi connectivity index (χ4n) is 2.32. The Morgan fingerprint density at radius 2 is 1.81 bits per heavy atom. The average Bonchev–Trinajstić information content (AvgIpc) is 2.67. The van der Waals surface area contributed by atoms with Crippen LogP contribution in [0.15, 0.2) is 73.1 Å². The van der Waals surface area contributed by atoms with Crippen molar-refractivity contribution in [2.45, 2.75) is 12.8 Å². The number of pyridine rings is 1. The summed E-state index contributed by atoms with van der Waals surface area (Å²) in [6.07, 6.45) is -1.23. The standard InChI is InChI=1S/C20H15F3N2O2/c21-20(22,23)16-8-6-14(7-9-16)13-27-18-5-1-3-15(11-18)19(26)25-17-4-2-10-24-12-17/h1-12H,13H2,(H,25,26). The first-order valence-corrected chi connectivity index (χ1v) is 8.02. The molecule has 1 aromatic heterocycles. The Morgan fingerprint density at radius 3 is 2.48 bits per heavy atom. The van der Waals surface area contributed by atoms with Crippen LogP contribution in [0.5, 0.6) is 5.75 Å². The summed E-state index contributed by atoms with van der Waals surface area (Å²) in [4.78, 5) is 16.2. The number of nitrogens with zero attached hydrogens (tertiary/aromatic N) is 1. The van der Waals surface area contributed by atoms with Gasteiger partial charge in [-0.3, -0.25) is 9.78 Å². The molecule has 7 heteroatoms. The van der Waals surface area contributed by atoms with Crippen LogP contribution >= 0.6 is 0 Å². The lowest BCUT2D eigenvalue weighted by molar-refractivity contribution is -0.137. The fraction of sp³-hybridized carbons (Fsp3) is 0.100. The molecule has 2 aromatic carbocycles. The van der Waals surface area contributed by atoms with Gasteiger partial charge in [-0.05, 0) is 48.0 Å². The third-order valence-electron chi connectivity index (χ3n) is 3.70. The number of hydrogen-bond donors (Lipinski definition) is 1. The van der Waals surface area contributed by atoms with Gasteiger partial charge in [0, 0.05) is 11.8 Å². The van der Waals surface area contributed by atoms with Crippen LogP contribution in [0, 0.1) is 0 Å². The summed E-state index contributed by atoms with van der Waals surface area (Å²) in [5.74, 6) is 0.122. The van der Waals surface area contributed by atoms with Gasteiger partial charge in [-0.2, -0.15) is 13.2 Å². The van der Waals surface area contributed by atoms with Crippen molar-refractivity contribution in [2.75, 3.05) is 5.32 Å². The normalized spacial score (nSPS) is 11.1. The molecule has 3 aromatic rings. The quantitative estimate of drug-likeness (QED) is 0.691. The number of ether oxygens (including phenoxy) is 1. The molecule has 0 aliphatic carbocycles. The third kappa shape index (κ3) is 5.07. The first-order chi connectivity index (χ1) is 12.9. The summed E-state index contributed by atoms with van der Waals surface area (Å²) in [5.41, 5.74) is 0.843. The fourth-order valence-corrected chi connectivity index (χ4v) is 2.32. The summed E-state index contributed by atoms with van der Waals surface area (Å²) in [6, 6.07) is 14.7. The number of anilines is 1. The minimum Gasteiger partial charge on any atom is -0.489 e. The molecule has 27 heavy (non-hydrogen) atoms. The number of rotatable bonds is 5. The van der Waals surface area contributed by atoms with Gasteiger partial charge in [-0.1, -0.05) is 18.2 Å². The van der Waals surface area contributed by atoms with Crippen molar-refractivity contribution in [3.05, 3.63) is 89.7 Å². The Morgan fingerprint density at radius 1 is 1.04 bits per heavy atom. The van der Waals surface area contributed by atoms with Crippen molar-refractivity contribution < 1.29 is 22.7 Å². The molecule has 0 radical (unpaired) electrons. The lowest BCUT2D eigenvalue weighted by atomic mass is 10.1. The molecule has 0 aliphatic rings. The van der Waals surface area contributed by atoms with Gasteiger partial charge in [-0.15, -0.1) is 0 Å². The molecule has 138 valence electrons. The van der Waals surface area contributed by atoms with Crippen molar-refractivity contribution in [1.82, 2.24) is 4.98 Å². The number of amides is 1. The first-order valence-electron chi connectivity index (χ1n) is 8.02. The van der Waals surface area contributed by atoms with E-state index in [1.165, 1.54) is 18.3 Å². The van der Waals surface area contributed by atoms with Gasteiger partial charge >= 0.3 is 6.18 Å². The lowest BCUT2D eigenvalue weighted by Gasteiger charge is -2.10. The molecule has 0 aliphatic heterocycles. The highest BCUT2D eigenvalue weighted by Crippen LogP contribution is 2.29. The van der Waals surface area contributed by atoms with E-state index in [1.54, 1.807) is 42.6 Å². The maximum absolute atomic E-state index is 12.6. The van der Waals surface area contributed by atoms with Gasteiger partial charge in [0.15, 0.2) is 0 Å². The van der Waals surface area contributed by atoms with Gasteiger partial charge in [0.2, 0.25) is 0 Å². The zero-order valence-corrected chi connectivity index (χ0v) is 14.0. The largest absolute Gasteiger partial charge is 0.489 e. The molecule has 0 atom stereocenters. The second-order valence-corrected chi connectivity index (χ2v) is 5.71. The minimum absolute atomic E-state index is 0.0891. The van der Waals surface area contributed by atoms with Crippen molar-refractivity contribution in [3.8, 4) is 5.75 Å². The van der Waals surface area contributed by atoms with E-state index in [0.717, 1.165) is 12.1 Å². The molecule has 0 saturated carbocycles. The van der Waals surface area contributed by atoms with Crippen LogP contribution in [0.2, 0.25) is 0 Å². The molecule has 0 unspecified atom stereocenters. The van der Waals surface area contributed by atoms with Gasteiger partial charge in [0.05, 0.1) is 17.4 Å². The number of benzene rings is 2. The number of alkyl halides is 3. The highest BCUT2D eigenvalue weighted by molar-refractivity contribution is 6.04. The second-order valence-electron chi connectivity index (χ2n) is 5.71. The second kappa shape index (κ2) is 7.90. The molecule has 0 fully saturated rings. The molecular weight excluding hydrogens is 357 g/mol. The molecule has 0 spiro atoms. The number of nitrogens with one attached hydrogen (secondary N) is 1. The zero-order valence-electron chi connectivity index (χ0n) is 14.0. The molecule has 1 heterocycles. The molecule has 3 rings (SSSR count). The molecule has 1 amide bonds. The highest BCUT2D eigenvalue weighted by Gasteiger charge is 2.29. The molecule has 0 bridgehead atoms. The van der Waals surface area contributed by atoms with E-state index < -0.39 is 11.7 Å². The van der Waals surface area contributed by atoms with Crippen molar-refractivity contribution in [3.63, 3.8) is 0 Å². The highest BCUT2D eigenvalue weighted by atomic mass is 19.4. The van der Waals surface area contributed by atoms with Crippen LogP contribution < -0.4 is 10.1 Å². The Kier molecular flexibility index (Phi) is 5.40. The number of carbonyl (C=O) groups excluding carboxylic acids is 1. The molecule has 4 nitrogen and oxygen atoms in total. The first kappa shape index (κ1) is 18.4. The van der Waals surface area contributed by atoms with E-state index in [1.807, 2.05) is 0 Å². The van der Waals surface area contributed by atoms with Crippen LogP contribution in [0.1, 0.15) is 21.5 Å². The van der Waals surface area contributed by atoms with Crippen LogP contribution in [0.3, 0.4) is 0 Å². The number of carbonyl (C=O) groups is 1. The van der Waals surface area contributed by atoms with Crippen molar-refractivity contribution in [1.29, 1.82) is 0 Å². The van der Waals surface area contributed by atoms with E-state index in [-0.39, 0.29) is 12.5 Å². The van der Waals surface area contributed by atoms with E-state index >= 15 is 0 Å². The van der Waals surface area contributed by atoms with E-state index in [2.05, 4.69) is 10.3 Å². The number of hydrogen-bond acceptors (Lipinski definition) is 3. The van der Waals surface area contributed by atoms with Crippen LogP contribution in [0.4, 0.5) is 18.9 Å². The summed E-state index contributed by atoms with van der Waals surface area (Å²) in [5, 5.41) is 2.72. The Bertz CT molecular complexity index is 911. The average molecular weight is 372 g/mol. The van der Waals surface area contributed by atoms with Crippen molar-refractivity contribution in [2.24, 2.45) is 0 Å². The van der Waals surface area contributed by atoms with Gasteiger partial charge in [0.1, 0.15) is 12.4 Å². The monoisotopic (exact) mass is 372 g/mol. The SMILES string of the molecule is O=C(Nc1cccnc1)c1cccc(OCc2ccc(C(F)(F)F)cc2)c1. The number of halogens is 3.